The molecule has 13 nitrogen and oxygen atoms in total. The summed E-state index contributed by atoms with van der Waals surface area (Å²) < 4.78 is 19.5. The van der Waals surface area contributed by atoms with Gasteiger partial charge in [0.05, 0.1) is 30.3 Å². The largest absolute Gasteiger partial charge is 0.492 e. The number of morpholine rings is 1. The van der Waals surface area contributed by atoms with Crippen LogP contribution in [0.3, 0.4) is 0 Å². The molecule has 1 aliphatic rings. The van der Waals surface area contributed by atoms with Crippen LogP contribution >= 0.6 is 0 Å². The lowest BCUT2D eigenvalue weighted by Crippen LogP contribution is -2.38. The molecule has 1 fully saturated rings. The maximum atomic E-state index is 13.7. The van der Waals surface area contributed by atoms with E-state index in [1.165, 1.54) is 0 Å². The SMILES string of the molecule is Cc1cc2cc(Nc3nccc(Oc4ccc(NC(=O)Nc5cc(C(C)(C)C)nn5-c5ccc(OCCN6CCOCC6)cc5)c5ccccc45)n3)ccc2[nH]1. The average Bonchev–Trinajstić information content (AvgIpc) is 3.79. The number of hydrogen-bond donors (Lipinski definition) is 4. The van der Waals surface area contributed by atoms with E-state index in [0.717, 1.165) is 83.0 Å². The van der Waals surface area contributed by atoms with Crippen molar-refractivity contribution in [1.82, 2.24) is 29.6 Å². The molecule has 56 heavy (non-hydrogen) atoms. The van der Waals surface area contributed by atoms with Crippen molar-refractivity contribution in [3.63, 3.8) is 0 Å². The number of carbonyl (C=O) groups excluding carboxylic acids is 1. The van der Waals surface area contributed by atoms with Crippen molar-refractivity contribution in [2.24, 2.45) is 0 Å². The second-order valence-corrected chi connectivity index (χ2v) is 14.8. The summed E-state index contributed by atoms with van der Waals surface area (Å²) in [5, 5.41) is 17.0. The minimum Gasteiger partial charge on any atom is -0.492 e. The van der Waals surface area contributed by atoms with Gasteiger partial charge in [-0.05, 0) is 67.6 Å². The molecule has 0 spiro atoms. The molecule has 1 aliphatic heterocycles. The van der Waals surface area contributed by atoms with Gasteiger partial charge in [-0.25, -0.2) is 14.5 Å². The van der Waals surface area contributed by atoms with Crippen molar-refractivity contribution < 1.29 is 19.0 Å². The van der Waals surface area contributed by atoms with Crippen LogP contribution in [0, 0.1) is 6.92 Å². The predicted octanol–water partition coefficient (Wildman–Crippen LogP) is 8.79. The minimum atomic E-state index is -0.409. The Hall–Kier alpha value is -6.44. The number of urea groups is 1. The first kappa shape index (κ1) is 36.5. The summed E-state index contributed by atoms with van der Waals surface area (Å²) in [7, 11) is 0. The van der Waals surface area contributed by atoms with E-state index in [-0.39, 0.29) is 5.41 Å². The highest BCUT2D eigenvalue weighted by Gasteiger charge is 2.22. The molecule has 0 radical (unpaired) electrons. The number of nitrogens with one attached hydrogen (secondary N) is 4. The second-order valence-electron chi connectivity index (χ2n) is 14.8. The highest BCUT2D eigenvalue weighted by atomic mass is 16.5. The van der Waals surface area contributed by atoms with Crippen LogP contribution in [-0.4, -0.2) is 75.1 Å². The molecular weight excluding hydrogens is 707 g/mol. The molecule has 7 aromatic rings. The second kappa shape index (κ2) is 15.7. The number of H-pyrrole nitrogens is 1. The molecule has 4 aromatic carbocycles. The molecule has 0 bridgehead atoms. The summed E-state index contributed by atoms with van der Waals surface area (Å²) in [4.78, 5) is 28.3. The molecule has 286 valence electrons. The summed E-state index contributed by atoms with van der Waals surface area (Å²) in [5.74, 6) is 2.68. The maximum Gasteiger partial charge on any atom is 0.324 e. The average molecular weight is 752 g/mol. The summed E-state index contributed by atoms with van der Waals surface area (Å²) in [6, 6.07) is 30.5. The number of amides is 2. The third kappa shape index (κ3) is 8.43. The monoisotopic (exact) mass is 751 g/mol. The molecule has 0 saturated carbocycles. The van der Waals surface area contributed by atoms with Crippen LogP contribution in [0.1, 0.15) is 32.2 Å². The van der Waals surface area contributed by atoms with Gasteiger partial charge in [0.25, 0.3) is 0 Å². The van der Waals surface area contributed by atoms with E-state index in [1.807, 2.05) is 91.9 Å². The lowest BCUT2D eigenvalue weighted by Gasteiger charge is -2.26. The first-order valence-corrected chi connectivity index (χ1v) is 18.8. The Kier molecular flexibility index (Phi) is 10.3. The molecule has 4 heterocycles. The van der Waals surface area contributed by atoms with Crippen molar-refractivity contribution >= 4 is 50.8 Å². The minimum absolute atomic E-state index is 0.247. The molecule has 1 saturated heterocycles. The molecule has 0 unspecified atom stereocenters. The van der Waals surface area contributed by atoms with Gasteiger partial charge in [0.1, 0.15) is 23.9 Å². The molecule has 2 amide bonds. The number of rotatable bonds is 11. The zero-order valence-electron chi connectivity index (χ0n) is 31.9. The van der Waals surface area contributed by atoms with Crippen molar-refractivity contribution in [3.8, 4) is 23.1 Å². The molecular formula is C43H45N9O4. The van der Waals surface area contributed by atoms with Gasteiger partial charge in [0.2, 0.25) is 11.8 Å². The van der Waals surface area contributed by atoms with E-state index in [2.05, 4.69) is 62.6 Å². The van der Waals surface area contributed by atoms with Crippen LogP contribution in [0.5, 0.6) is 17.4 Å². The number of aromatic amines is 1. The van der Waals surface area contributed by atoms with Gasteiger partial charge >= 0.3 is 6.03 Å². The van der Waals surface area contributed by atoms with Crippen LogP contribution in [-0.2, 0) is 10.2 Å². The molecule has 0 aliphatic carbocycles. The Morgan fingerprint density at radius 3 is 2.52 bits per heavy atom. The van der Waals surface area contributed by atoms with E-state index in [9.17, 15) is 4.79 Å². The van der Waals surface area contributed by atoms with Gasteiger partial charge in [-0.2, -0.15) is 10.1 Å². The zero-order chi connectivity index (χ0) is 38.6. The third-order valence-electron chi connectivity index (χ3n) is 9.57. The normalized spacial score (nSPS) is 13.5. The quantitative estimate of drug-likeness (QED) is 0.102. The predicted molar refractivity (Wildman–Crippen MR) is 220 cm³/mol. The van der Waals surface area contributed by atoms with E-state index in [4.69, 9.17) is 19.3 Å². The van der Waals surface area contributed by atoms with E-state index >= 15 is 0 Å². The van der Waals surface area contributed by atoms with Crippen LogP contribution in [0.2, 0.25) is 0 Å². The number of nitrogens with zero attached hydrogens (tertiary/aromatic N) is 5. The van der Waals surface area contributed by atoms with E-state index in [0.29, 0.717) is 35.7 Å². The fourth-order valence-corrected chi connectivity index (χ4v) is 6.63. The summed E-state index contributed by atoms with van der Waals surface area (Å²) in [6.45, 7) is 13.1. The smallest absolute Gasteiger partial charge is 0.324 e. The fourth-order valence-electron chi connectivity index (χ4n) is 6.63. The Balaban J connectivity index is 0.962. The standard InChI is InChI=1S/C43H45N9O4/c1-28-25-29-26-30(9-14-35(29)45-28)46-41-44-18-17-40(49-41)56-37-16-15-36(33-7-5-6-8-34(33)37)47-42(53)48-39-27-38(43(2,3)4)50-52(39)31-10-12-32(13-11-31)55-24-21-51-19-22-54-23-20-51/h5-18,25-27,45H,19-24H2,1-4H3,(H,44,46,49)(H2,47,48,53). The van der Waals surface area contributed by atoms with Gasteiger partial charge in [-0.1, -0.05) is 45.0 Å². The maximum absolute atomic E-state index is 13.7. The van der Waals surface area contributed by atoms with Gasteiger partial charge in [0.15, 0.2) is 0 Å². The zero-order valence-corrected chi connectivity index (χ0v) is 31.9. The summed E-state index contributed by atoms with van der Waals surface area (Å²) in [5.41, 5.74) is 5.03. The highest BCUT2D eigenvalue weighted by Crippen LogP contribution is 2.35. The van der Waals surface area contributed by atoms with E-state index < -0.39 is 6.03 Å². The van der Waals surface area contributed by atoms with Gasteiger partial charge in [-0.15, -0.1) is 0 Å². The topological polar surface area (TPSA) is 143 Å². The van der Waals surface area contributed by atoms with Crippen molar-refractivity contribution in [2.45, 2.75) is 33.1 Å². The Morgan fingerprint density at radius 2 is 1.71 bits per heavy atom. The van der Waals surface area contributed by atoms with E-state index in [1.54, 1.807) is 16.9 Å². The van der Waals surface area contributed by atoms with Gasteiger partial charge < -0.3 is 29.8 Å². The van der Waals surface area contributed by atoms with Gasteiger partial charge in [0, 0.05) is 76.4 Å². The van der Waals surface area contributed by atoms with Gasteiger partial charge in [-0.3, -0.25) is 10.2 Å². The number of benzene rings is 4. The Morgan fingerprint density at radius 1 is 0.911 bits per heavy atom. The molecule has 0 atom stereocenters. The lowest BCUT2D eigenvalue weighted by molar-refractivity contribution is 0.0322. The first-order valence-electron chi connectivity index (χ1n) is 18.8. The number of fused-ring (bicyclic) bond motifs is 2. The number of ether oxygens (including phenoxy) is 3. The molecule has 13 heteroatoms. The summed E-state index contributed by atoms with van der Waals surface area (Å²) in [6.07, 6.45) is 1.65. The van der Waals surface area contributed by atoms with Crippen molar-refractivity contribution in [3.05, 3.63) is 115 Å². The number of hydrogen-bond acceptors (Lipinski definition) is 9. The fraction of sp³-hybridized carbons (Fsp3) is 0.256. The van der Waals surface area contributed by atoms with Crippen LogP contribution in [0.4, 0.5) is 27.9 Å². The van der Waals surface area contributed by atoms with Crippen LogP contribution in [0.25, 0.3) is 27.4 Å². The molecule has 4 N–H and O–H groups in total. The lowest BCUT2D eigenvalue weighted by atomic mass is 9.92. The van der Waals surface area contributed by atoms with Crippen molar-refractivity contribution in [2.75, 3.05) is 55.4 Å². The molecule has 3 aromatic heterocycles. The number of carbonyl (C=O) groups is 1. The Bertz CT molecular complexity index is 2480. The Labute approximate surface area is 325 Å². The summed E-state index contributed by atoms with van der Waals surface area (Å²) >= 11 is 0. The number of anilines is 4. The molecule has 8 rings (SSSR count). The van der Waals surface area contributed by atoms with Crippen LogP contribution in [0.15, 0.2) is 103 Å². The van der Waals surface area contributed by atoms with Crippen molar-refractivity contribution in [1.29, 1.82) is 0 Å². The third-order valence-corrected chi connectivity index (χ3v) is 9.57. The first-order chi connectivity index (χ1) is 27.1. The highest BCUT2D eigenvalue weighted by molar-refractivity contribution is 6.07. The van der Waals surface area contributed by atoms with Crippen LogP contribution < -0.4 is 25.4 Å². The number of aryl methyl sites for hydroxylation is 1. The number of aromatic nitrogens is 5.